The molecule has 0 aliphatic carbocycles. The molecule has 8 heavy (non-hydrogen) atoms. The lowest BCUT2D eigenvalue weighted by Gasteiger charge is -1.63. The zero-order valence-corrected chi connectivity index (χ0v) is 4.68. The van der Waals surface area contributed by atoms with Gasteiger partial charge in [0.1, 0.15) is 6.26 Å². The van der Waals surface area contributed by atoms with Gasteiger partial charge in [-0.2, -0.15) is 5.26 Å². The second-order valence-corrected chi connectivity index (χ2v) is 0.949. The molecule has 0 saturated carbocycles. The molecule has 4 heteroatoms. The lowest BCUT2D eigenvalue weighted by Crippen LogP contribution is -1.64. The summed E-state index contributed by atoms with van der Waals surface area (Å²) in [7, 11) is 0. The number of nitriles is 1. The summed E-state index contributed by atoms with van der Waals surface area (Å²) < 4.78 is 4.51. The van der Waals surface area contributed by atoms with Crippen LogP contribution in [0, 0.1) is 11.3 Å². The Hall–Kier alpha value is -1.01. The first-order valence-electron chi connectivity index (χ1n) is 1.73. The summed E-state index contributed by atoms with van der Waals surface area (Å²) in [4.78, 5) is 3.51. The van der Waals surface area contributed by atoms with Gasteiger partial charge in [-0.05, 0) is 0 Å². The van der Waals surface area contributed by atoms with Gasteiger partial charge in [-0.25, -0.2) is 4.98 Å². The molecular formula is C4H3ClN2O. The molecule has 0 aromatic carbocycles. The molecule has 1 rings (SSSR count). The molecule has 3 nitrogen and oxygen atoms in total. The van der Waals surface area contributed by atoms with Crippen LogP contribution in [0.2, 0.25) is 0 Å². The summed E-state index contributed by atoms with van der Waals surface area (Å²) in [6, 6.07) is 1.73. The van der Waals surface area contributed by atoms with E-state index in [0.717, 1.165) is 0 Å². The van der Waals surface area contributed by atoms with E-state index in [0.29, 0.717) is 0 Å². The molecule has 0 atom stereocenters. The Morgan fingerprint density at radius 3 is 2.75 bits per heavy atom. The van der Waals surface area contributed by atoms with Crippen LogP contribution in [-0.4, -0.2) is 4.98 Å². The number of nitrogens with zero attached hydrogens (tertiary/aromatic N) is 2. The van der Waals surface area contributed by atoms with Gasteiger partial charge in [-0.1, -0.05) is 0 Å². The van der Waals surface area contributed by atoms with Crippen LogP contribution in [0.25, 0.3) is 0 Å². The van der Waals surface area contributed by atoms with Gasteiger partial charge in [0.15, 0.2) is 6.07 Å². The van der Waals surface area contributed by atoms with E-state index >= 15 is 0 Å². The van der Waals surface area contributed by atoms with Gasteiger partial charge < -0.3 is 4.42 Å². The number of oxazole rings is 1. The van der Waals surface area contributed by atoms with E-state index in [-0.39, 0.29) is 18.3 Å². The summed E-state index contributed by atoms with van der Waals surface area (Å²) in [6.45, 7) is 0. The SMILES string of the molecule is Cl.N#Cc1ncco1. The molecule has 0 N–H and O–H groups in total. The van der Waals surface area contributed by atoms with Crippen molar-refractivity contribution < 1.29 is 4.42 Å². The molecule has 0 fully saturated rings. The predicted octanol–water partition coefficient (Wildman–Crippen LogP) is 0.968. The Labute approximate surface area is 52.4 Å². The first kappa shape index (κ1) is 6.99. The molecule has 0 aliphatic heterocycles. The quantitative estimate of drug-likeness (QED) is 0.526. The summed E-state index contributed by atoms with van der Waals surface area (Å²) in [5.41, 5.74) is 0. The molecule has 0 unspecified atom stereocenters. The van der Waals surface area contributed by atoms with Gasteiger partial charge in [0.25, 0.3) is 5.89 Å². The van der Waals surface area contributed by atoms with Gasteiger partial charge >= 0.3 is 0 Å². The summed E-state index contributed by atoms with van der Waals surface area (Å²) >= 11 is 0. The van der Waals surface area contributed by atoms with Crippen LogP contribution in [0.1, 0.15) is 5.89 Å². The Morgan fingerprint density at radius 2 is 2.50 bits per heavy atom. The highest BCUT2D eigenvalue weighted by Crippen LogP contribution is 1.87. The maximum Gasteiger partial charge on any atom is 0.300 e. The van der Waals surface area contributed by atoms with Gasteiger partial charge in [0.2, 0.25) is 0 Å². The fourth-order valence-corrected chi connectivity index (χ4v) is 0.279. The topological polar surface area (TPSA) is 49.8 Å². The average Bonchev–Trinajstić information content (AvgIpc) is 2.14. The third-order valence-corrected chi connectivity index (χ3v) is 0.528. The van der Waals surface area contributed by atoms with E-state index in [2.05, 4.69) is 9.40 Å². The van der Waals surface area contributed by atoms with Crippen LogP contribution in [0.4, 0.5) is 0 Å². The number of aromatic nitrogens is 1. The van der Waals surface area contributed by atoms with Crippen molar-refractivity contribution in [3.05, 3.63) is 18.4 Å². The van der Waals surface area contributed by atoms with E-state index < -0.39 is 0 Å². The highest BCUT2D eigenvalue weighted by Gasteiger charge is 1.86. The van der Waals surface area contributed by atoms with Crippen molar-refractivity contribution in [3.63, 3.8) is 0 Å². The average molecular weight is 131 g/mol. The smallest absolute Gasteiger partial charge is 0.300 e. The van der Waals surface area contributed by atoms with Gasteiger partial charge in [0, 0.05) is 0 Å². The summed E-state index contributed by atoms with van der Waals surface area (Å²) in [5, 5.41) is 8.02. The van der Waals surface area contributed by atoms with Crippen molar-refractivity contribution >= 4 is 12.4 Å². The lowest BCUT2D eigenvalue weighted by molar-refractivity contribution is 0.542. The van der Waals surface area contributed by atoms with Gasteiger partial charge in [-0.3, -0.25) is 0 Å². The van der Waals surface area contributed by atoms with Gasteiger partial charge in [0.05, 0.1) is 6.20 Å². The predicted molar refractivity (Wildman–Crippen MR) is 28.5 cm³/mol. The molecule has 0 bridgehead atoms. The van der Waals surface area contributed by atoms with Crippen molar-refractivity contribution in [2.24, 2.45) is 0 Å². The van der Waals surface area contributed by atoms with Crippen LogP contribution >= 0.6 is 12.4 Å². The van der Waals surface area contributed by atoms with E-state index in [1.807, 2.05) is 0 Å². The largest absolute Gasteiger partial charge is 0.437 e. The lowest BCUT2D eigenvalue weighted by atomic mass is 10.8. The molecule has 0 aliphatic rings. The second-order valence-electron chi connectivity index (χ2n) is 0.949. The van der Waals surface area contributed by atoms with E-state index in [1.54, 1.807) is 6.07 Å². The fraction of sp³-hybridized carbons (Fsp3) is 0. The second kappa shape index (κ2) is 3.05. The molecule has 1 aromatic rings. The third kappa shape index (κ3) is 1.24. The molecule has 0 amide bonds. The molecule has 42 valence electrons. The van der Waals surface area contributed by atoms with Gasteiger partial charge in [-0.15, -0.1) is 12.4 Å². The zero-order chi connectivity index (χ0) is 5.11. The minimum atomic E-state index is 0. The number of hydrogen-bond donors (Lipinski definition) is 0. The van der Waals surface area contributed by atoms with Crippen molar-refractivity contribution in [1.82, 2.24) is 4.98 Å². The molecule has 0 saturated heterocycles. The molecule has 1 heterocycles. The summed E-state index contributed by atoms with van der Waals surface area (Å²) in [6.07, 6.45) is 2.79. The fourth-order valence-electron chi connectivity index (χ4n) is 0.279. The Morgan fingerprint density at radius 1 is 1.75 bits per heavy atom. The summed E-state index contributed by atoms with van der Waals surface area (Å²) in [5.74, 6) is 0.111. The number of halogens is 1. The van der Waals surface area contributed by atoms with Crippen LogP contribution < -0.4 is 0 Å². The number of rotatable bonds is 0. The van der Waals surface area contributed by atoms with Crippen LogP contribution in [0.15, 0.2) is 16.9 Å². The number of hydrogen-bond acceptors (Lipinski definition) is 3. The maximum absolute atomic E-state index is 8.02. The molecule has 0 radical (unpaired) electrons. The molecular weight excluding hydrogens is 128 g/mol. The highest BCUT2D eigenvalue weighted by molar-refractivity contribution is 5.85. The van der Waals surface area contributed by atoms with E-state index in [1.165, 1.54) is 12.5 Å². The van der Waals surface area contributed by atoms with Crippen molar-refractivity contribution in [2.75, 3.05) is 0 Å². The normalized spacial score (nSPS) is 6.88. The Balaban J connectivity index is 0.000000490. The first-order chi connectivity index (χ1) is 3.43. The minimum Gasteiger partial charge on any atom is -0.437 e. The molecule has 1 aromatic heterocycles. The van der Waals surface area contributed by atoms with Crippen molar-refractivity contribution in [3.8, 4) is 6.07 Å². The van der Waals surface area contributed by atoms with Crippen LogP contribution in [0.5, 0.6) is 0 Å². The van der Waals surface area contributed by atoms with Crippen LogP contribution in [-0.2, 0) is 0 Å². The molecule has 0 spiro atoms. The Bertz CT molecular complexity index is 176. The maximum atomic E-state index is 8.02. The monoisotopic (exact) mass is 130 g/mol. The van der Waals surface area contributed by atoms with Crippen LogP contribution in [0.3, 0.4) is 0 Å². The van der Waals surface area contributed by atoms with E-state index in [4.69, 9.17) is 5.26 Å². The third-order valence-electron chi connectivity index (χ3n) is 0.528. The van der Waals surface area contributed by atoms with Crippen molar-refractivity contribution in [2.45, 2.75) is 0 Å². The van der Waals surface area contributed by atoms with E-state index in [9.17, 15) is 0 Å². The zero-order valence-electron chi connectivity index (χ0n) is 3.87. The minimum absolute atomic E-state index is 0. The Kier molecular flexibility index (Phi) is 2.67. The van der Waals surface area contributed by atoms with Crippen molar-refractivity contribution in [1.29, 1.82) is 5.26 Å². The first-order valence-corrected chi connectivity index (χ1v) is 1.73. The standard InChI is InChI=1S/C4H2N2O.ClH/c5-3-4-6-1-2-7-4;/h1-2H;1H. The highest BCUT2D eigenvalue weighted by atomic mass is 35.5.